The number of carbonyl (C=O) groups is 1. The molecule has 0 aliphatic rings. The van der Waals surface area contributed by atoms with E-state index < -0.39 is 5.97 Å². The molecule has 0 saturated heterocycles. The second-order valence-corrected chi connectivity index (χ2v) is 2.76. The van der Waals surface area contributed by atoms with Crippen molar-refractivity contribution in [3.05, 3.63) is 28.8 Å². The lowest BCUT2D eigenvalue weighted by molar-refractivity contribution is 0.0597. The standard InChI is InChI=1S/C10H9NO3/c1-6-3-4-7(10(13)14-2)9(12)8(6)5-11/h3-4,12H,1-2H3. The summed E-state index contributed by atoms with van der Waals surface area (Å²) in [6, 6.07) is 4.84. The fraction of sp³-hybridized carbons (Fsp3) is 0.200. The monoisotopic (exact) mass is 191 g/mol. The van der Waals surface area contributed by atoms with E-state index in [0.29, 0.717) is 5.56 Å². The Bertz CT molecular complexity index is 418. The van der Waals surface area contributed by atoms with Gasteiger partial charge >= 0.3 is 5.97 Å². The van der Waals surface area contributed by atoms with Crippen molar-refractivity contribution < 1.29 is 14.6 Å². The zero-order valence-electron chi connectivity index (χ0n) is 7.87. The molecule has 72 valence electrons. The first-order valence-electron chi connectivity index (χ1n) is 3.92. The van der Waals surface area contributed by atoms with E-state index in [1.807, 2.05) is 6.07 Å². The number of nitriles is 1. The number of benzene rings is 1. The molecule has 0 bridgehead atoms. The molecule has 4 nitrogen and oxygen atoms in total. The summed E-state index contributed by atoms with van der Waals surface area (Å²) in [7, 11) is 1.22. The van der Waals surface area contributed by atoms with E-state index >= 15 is 0 Å². The van der Waals surface area contributed by atoms with Gasteiger partial charge in [0.25, 0.3) is 0 Å². The van der Waals surface area contributed by atoms with Crippen LogP contribution >= 0.6 is 0 Å². The van der Waals surface area contributed by atoms with Gasteiger partial charge in [0, 0.05) is 0 Å². The van der Waals surface area contributed by atoms with Gasteiger partial charge in [0.15, 0.2) is 0 Å². The maximum atomic E-state index is 11.1. The number of ether oxygens (including phenoxy) is 1. The average molecular weight is 191 g/mol. The number of aromatic hydroxyl groups is 1. The van der Waals surface area contributed by atoms with Gasteiger partial charge in [0.05, 0.1) is 12.7 Å². The molecule has 1 aromatic carbocycles. The summed E-state index contributed by atoms with van der Waals surface area (Å²) in [5.74, 6) is -0.974. The molecule has 1 N–H and O–H groups in total. The summed E-state index contributed by atoms with van der Waals surface area (Å²) in [4.78, 5) is 11.1. The molecule has 0 unspecified atom stereocenters. The number of hydrogen-bond acceptors (Lipinski definition) is 4. The van der Waals surface area contributed by atoms with Crippen molar-refractivity contribution >= 4 is 5.97 Å². The third-order valence-corrected chi connectivity index (χ3v) is 1.90. The van der Waals surface area contributed by atoms with Gasteiger partial charge in [-0.05, 0) is 18.6 Å². The van der Waals surface area contributed by atoms with Gasteiger partial charge in [-0.25, -0.2) is 4.79 Å². The third kappa shape index (κ3) is 1.52. The second-order valence-electron chi connectivity index (χ2n) is 2.76. The van der Waals surface area contributed by atoms with Crippen molar-refractivity contribution in [2.24, 2.45) is 0 Å². The maximum absolute atomic E-state index is 11.1. The molecule has 0 amide bonds. The fourth-order valence-electron chi connectivity index (χ4n) is 1.11. The number of methoxy groups -OCH3 is 1. The van der Waals surface area contributed by atoms with Gasteiger partial charge in [0.1, 0.15) is 17.4 Å². The van der Waals surface area contributed by atoms with Gasteiger partial charge in [-0.15, -0.1) is 0 Å². The Morgan fingerprint density at radius 2 is 2.21 bits per heavy atom. The Morgan fingerprint density at radius 3 is 2.71 bits per heavy atom. The number of nitrogens with zero attached hydrogens (tertiary/aromatic N) is 1. The summed E-state index contributed by atoms with van der Waals surface area (Å²) in [6.45, 7) is 1.68. The molecule has 0 fully saturated rings. The molecular formula is C10H9NO3. The van der Waals surface area contributed by atoms with Gasteiger partial charge in [-0.3, -0.25) is 0 Å². The molecule has 4 heteroatoms. The van der Waals surface area contributed by atoms with E-state index in [0.717, 1.165) is 0 Å². The average Bonchev–Trinajstić information content (AvgIpc) is 2.18. The van der Waals surface area contributed by atoms with Crippen LogP contribution in [0.1, 0.15) is 21.5 Å². The highest BCUT2D eigenvalue weighted by atomic mass is 16.5. The predicted octanol–water partition coefficient (Wildman–Crippen LogP) is 1.36. The Hall–Kier alpha value is -2.02. The van der Waals surface area contributed by atoms with Crippen molar-refractivity contribution in [1.29, 1.82) is 5.26 Å². The summed E-state index contributed by atoms with van der Waals surface area (Å²) in [6.07, 6.45) is 0. The van der Waals surface area contributed by atoms with Crippen LogP contribution in [-0.2, 0) is 4.74 Å². The summed E-state index contributed by atoms with van der Waals surface area (Å²) in [5, 5.41) is 18.3. The van der Waals surface area contributed by atoms with Crippen molar-refractivity contribution in [2.75, 3.05) is 7.11 Å². The third-order valence-electron chi connectivity index (χ3n) is 1.90. The summed E-state index contributed by atoms with van der Waals surface area (Å²) in [5.41, 5.74) is 0.736. The van der Waals surface area contributed by atoms with Crippen molar-refractivity contribution in [3.8, 4) is 11.8 Å². The van der Waals surface area contributed by atoms with Crippen molar-refractivity contribution in [3.63, 3.8) is 0 Å². The predicted molar refractivity (Wildman–Crippen MR) is 48.9 cm³/mol. The van der Waals surface area contributed by atoms with Crippen LogP contribution in [0.4, 0.5) is 0 Å². The first kappa shape index (κ1) is 10.1. The number of aryl methyl sites for hydroxylation is 1. The first-order chi connectivity index (χ1) is 6.61. The number of hydrogen-bond donors (Lipinski definition) is 1. The quantitative estimate of drug-likeness (QED) is 0.680. The van der Waals surface area contributed by atoms with E-state index in [2.05, 4.69) is 4.74 Å². The van der Waals surface area contributed by atoms with Crippen molar-refractivity contribution in [1.82, 2.24) is 0 Å². The molecule has 0 atom stereocenters. The molecule has 1 rings (SSSR count). The molecule has 1 aromatic rings. The first-order valence-corrected chi connectivity index (χ1v) is 3.92. The molecule has 0 saturated carbocycles. The van der Waals surface area contributed by atoms with Crippen LogP contribution in [0.3, 0.4) is 0 Å². The number of phenolic OH excluding ortho intramolecular Hbond substituents is 1. The lowest BCUT2D eigenvalue weighted by Gasteiger charge is -2.05. The molecule has 0 radical (unpaired) electrons. The molecule has 0 aromatic heterocycles. The number of rotatable bonds is 1. The number of phenols is 1. The highest BCUT2D eigenvalue weighted by molar-refractivity contribution is 5.93. The van der Waals surface area contributed by atoms with Gasteiger partial charge in [-0.2, -0.15) is 5.26 Å². The van der Waals surface area contributed by atoms with Crippen LogP contribution in [0.15, 0.2) is 12.1 Å². The molecular weight excluding hydrogens is 182 g/mol. The van der Waals surface area contributed by atoms with Crippen LogP contribution < -0.4 is 0 Å². The van der Waals surface area contributed by atoms with Crippen molar-refractivity contribution in [2.45, 2.75) is 6.92 Å². The number of carbonyl (C=O) groups excluding carboxylic acids is 1. The Balaban J connectivity index is 3.37. The van der Waals surface area contributed by atoms with E-state index in [1.165, 1.54) is 13.2 Å². The highest BCUT2D eigenvalue weighted by Gasteiger charge is 2.15. The van der Waals surface area contributed by atoms with E-state index in [9.17, 15) is 9.90 Å². The molecule has 0 heterocycles. The Kier molecular flexibility index (Phi) is 2.73. The summed E-state index contributed by atoms with van der Waals surface area (Å²) < 4.78 is 4.45. The normalized spacial score (nSPS) is 9.21. The Labute approximate surface area is 81.4 Å². The molecule has 0 aliphatic carbocycles. The van der Waals surface area contributed by atoms with Crippen LogP contribution in [0, 0.1) is 18.3 Å². The maximum Gasteiger partial charge on any atom is 0.341 e. The van der Waals surface area contributed by atoms with E-state index in [4.69, 9.17) is 5.26 Å². The largest absolute Gasteiger partial charge is 0.506 e. The SMILES string of the molecule is COC(=O)c1ccc(C)c(C#N)c1O. The topological polar surface area (TPSA) is 70.3 Å². The number of esters is 1. The van der Waals surface area contributed by atoms with E-state index in [1.54, 1.807) is 13.0 Å². The minimum Gasteiger partial charge on any atom is -0.506 e. The van der Waals surface area contributed by atoms with Gasteiger partial charge in [0.2, 0.25) is 0 Å². The van der Waals surface area contributed by atoms with E-state index in [-0.39, 0.29) is 16.9 Å². The van der Waals surface area contributed by atoms with Crippen LogP contribution in [0.5, 0.6) is 5.75 Å². The zero-order chi connectivity index (χ0) is 10.7. The minimum absolute atomic E-state index is 0.00894. The van der Waals surface area contributed by atoms with Gasteiger partial charge in [-0.1, -0.05) is 6.07 Å². The highest BCUT2D eigenvalue weighted by Crippen LogP contribution is 2.25. The molecule has 0 aliphatic heterocycles. The molecule has 14 heavy (non-hydrogen) atoms. The van der Waals surface area contributed by atoms with Gasteiger partial charge < -0.3 is 9.84 Å². The summed E-state index contributed by atoms with van der Waals surface area (Å²) >= 11 is 0. The zero-order valence-corrected chi connectivity index (χ0v) is 7.87. The van der Waals surface area contributed by atoms with Crippen LogP contribution in [0.2, 0.25) is 0 Å². The smallest absolute Gasteiger partial charge is 0.341 e. The van der Waals surface area contributed by atoms with Crippen LogP contribution in [-0.4, -0.2) is 18.2 Å². The molecule has 0 spiro atoms. The second kappa shape index (κ2) is 3.79. The lowest BCUT2D eigenvalue weighted by atomic mass is 10.0. The minimum atomic E-state index is -0.654. The van der Waals surface area contributed by atoms with Crippen LogP contribution in [0.25, 0.3) is 0 Å². The Morgan fingerprint density at radius 1 is 1.57 bits per heavy atom. The lowest BCUT2D eigenvalue weighted by Crippen LogP contribution is -2.03. The fourth-order valence-corrected chi connectivity index (χ4v) is 1.11.